The molecule has 0 heterocycles. The molecule has 7 nitrogen and oxygen atoms in total. The average molecular weight is 537 g/mol. The molecule has 4 aliphatic rings. The highest BCUT2D eigenvalue weighted by Gasteiger charge is 2.70. The van der Waals surface area contributed by atoms with Crippen molar-refractivity contribution in [3.05, 3.63) is 0 Å². The van der Waals surface area contributed by atoms with Crippen LogP contribution in [0, 0.1) is 46.3 Å². The molecule has 0 aromatic carbocycles. The predicted octanol–water partition coefficient (Wildman–Crippen LogP) is 4.64. The van der Waals surface area contributed by atoms with E-state index in [4.69, 9.17) is 9.47 Å². The summed E-state index contributed by atoms with van der Waals surface area (Å²) >= 11 is 0. The highest BCUT2D eigenvalue weighted by atomic mass is 16.6. The van der Waals surface area contributed by atoms with E-state index in [-0.39, 0.29) is 48.3 Å². The Kier molecular flexibility index (Phi) is 8.63. The first-order valence-corrected chi connectivity index (χ1v) is 15.1. The summed E-state index contributed by atoms with van der Waals surface area (Å²) in [4.78, 5) is 24.0. The van der Waals surface area contributed by atoms with Crippen LogP contribution in [-0.4, -0.2) is 57.8 Å². The first kappa shape index (κ1) is 29.8. The Hall–Kier alpha value is -1.18. The van der Waals surface area contributed by atoms with Crippen molar-refractivity contribution in [1.82, 2.24) is 0 Å². The number of hydrogen-bond acceptors (Lipinski definition) is 7. The second kappa shape index (κ2) is 11.0. The van der Waals surface area contributed by atoms with Crippen molar-refractivity contribution in [3.8, 4) is 0 Å². The van der Waals surface area contributed by atoms with E-state index in [0.29, 0.717) is 37.0 Å². The van der Waals surface area contributed by atoms with Crippen LogP contribution in [-0.2, 0) is 19.1 Å². The summed E-state index contributed by atoms with van der Waals surface area (Å²) in [6, 6.07) is 0. The number of aliphatic hydroxyl groups excluding tert-OH is 2. The average Bonchev–Trinajstić information content (AvgIpc) is 3.19. The SMILES string of the molecule is CC(=O)OC1CCC2(CO)C3CCC4(C)C(C(C)C(O)CCC(C)C)CCC4C3CC(OC(C)=O)C2(O)C1. The molecule has 0 saturated heterocycles. The minimum absolute atomic E-state index is 0.0706. The summed E-state index contributed by atoms with van der Waals surface area (Å²) in [6.45, 7) is 11.6. The summed E-state index contributed by atoms with van der Waals surface area (Å²) in [7, 11) is 0. The number of carbonyl (C=O) groups excluding carboxylic acids is 2. The number of fused-ring (bicyclic) bond motifs is 5. The monoisotopic (exact) mass is 536 g/mol. The largest absolute Gasteiger partial charge is 0.462 e. The third-order valence-corrected chi connectivity index (χ3v) is 11.8. The lowest BCUT2D eigenvalue weighted by molar-refractivity contribution is -0.285. The van der Waals surface area contributed by atoms with E-state index >= 15 is 0 Å². The van der Waals surface area contributed by atoms with Gasteiger partial charge in [-0.25, -0.2) is 0 Å². The van der Waals surface area contributed by atoms with Gasteiger partial charge in [-0.15, -0.1) is 0 Å². The molecule has 0 radical (unpaired) electrons. The zero-order valence-electron chi connectivity index (χ0n) is 24.4. The van der Waals surface area contributed by atoms with Gasteiger partial charge >= 0.3 is 11.9 Å². The van der Waals surface area contributed by atoms with Gasteiger partial charge in [-0.1, -0.05) is 27.7 Å². The lowest BCUT2D eigenvalue weighted by Gasteiger charge is -2.66. The molecule has 0 aliphatic heterocycles. The first-order valence-electron chi connectivity index (χ1n) is 15.1. The highest BCUT2D eigenvalue weighted by molar-refractivity contribution is 5.66. The van der Waals surface area contributed by atoms with Crippen molar-refractivity contribution in [2.75, 3.05) is 6.61 Å². The fourth-order valence-electron chi connectivity index (χ4n) is 9.94. The van der Waals surface area contributed by atoms with E-state index < -0.39 is 29.2 Å². The predicted molar refractivity (Wildman–Crippen MR) is 144 cm³/mol. The van der Waals surface area contributed by atoms with Crippen LogP contribution in [0.5, 0.6) is 0 Å². The number of aliphatic hydroxyl groups is 3. The smallest absolute Gasteiger partial charge is 0.303 e. The van der Waals surface area contributed by atoms with Gasteiger partial charge in [0.15, 0.2) is 0 Å². The third-order valence-electron chi connectivity index (χ3n) is 11.8. The van der Waals surface area contributed by atoms with Crippen LogP contribution in [0.25, 0.3) is 0 Å². The molecule has 11 unspecified atom stereocenters. The molecule has 4 fully saturated rings. The van der Waals surface area contributed by atoms with Crippen molar-refractivity contribution in [3.63, 3.8) is 0 Å². The maximum Gasteiger partial charge on any atom is 0.303 e. The Balaban J connectivity index is 1.64. The second-order valence-corrected chi connectivity index (χ2v) is 14.0. The fraction of sp³-hybridized carbons (Fsp3) is 0.935. The number of carbonyl (C=O) groups is 2. The van der Waals surface area contributed by atoms with Gasteiger partial charge in [0.1, 0.15) is 17.8 Å². The number of hydrogen-bond donors (Lipinski definition) is 3. The lowest BCUT2D eigenvalue weighted by atomic mass is 9.42. The van der Waals surface area contributed by atoms with Crippen LogP contribution in [0.15, 0.2) is 0 Å². The van der Waals surface area contributed by atoms with Gasteiger partial charge in [0.05, 0.1) is 12.7 Å². The van der Waals surface area contributed by atoms with Gasteiger partial charge in [-0.2, -0.15) is 0 Å². The quantitative estimate of drug-likeness (QED) is 0.387. The van der Waals surface area contributed by atoms with Crippen molar-refractivity contribution < 1.29 is 34.4 Å². The van der Waals surface area contributed by atoms with Gasteiger partial charge in [0.25, 0.3) is 0 Å². The molecule has 4 aliphatic carbocycles. The summed E-state index contributed by atoms with van der Waals surface area (Å²) in [5.41, 5.74) is -2.17. The minimum Gasteiger partial charge on any atom is -0.462 e. The molecule has 11 atom stereocenters. The number of ether oxygens (including phenoxy) is 2. The zero-order chi connectivity index (χ0) is 28.0. The van der Waals surface area contributed by atoms with Crippen LogP contribution >= 0.6 is 0 Å². The summed E-state index contributed by atoms with van der Waals surface area (Å²) < 4.78 is 11.4. The Morgan fingerprint density at radius 2 is 1.63 bits per heavy atom. The molecule has 38 heavy (non-hydrogen) atoms. The molecule has 4 saturated carbocycles. The van der Waals surface area contributed by atoms with E-state index in [1.807, 2.05) is 0 Å². The van der Waals surface area contributed by atoms with Gasteiger partial charge in [0, 0.05) is 25.7 Å². The van der Waals surface area contributed by atoms with Crippen LogP contribution in [0.4, 0.5) is 0 Å². The molecule has 0 amide bonds. The van der Waals surface area contributed by atoms with Crippen LogP contribution in [0.1, 0.15) is 106 Å². The summed E-state index contributed by atoms with van der Waals surface area (Å²) in [5.74, 6) is 1.12. The van der Waals surface area contributed by atoms with Gasteiger partial charge in [-0.3, -0.25) is 9.59 Å². The van der Waals surface area contributed by atoms with Crippen molar-refractivity contribution >= 4 is 11.9 Å². The van der Waals surface area contributed by atoms with E-state index in [1.165, 1.54) is 13.8 Å². The maximum absolute atomic E-state index is 12.3. The molecule has 218 valence electrons. The molecule has 0 spiro atoms. The van der Waals surface area contributed by atoms with Gasteiger partial charge in [0.2, 0.25) is 0 Å². The molecular weight excluding hydrogens is 484 g/mol. The van der Waals surface area contributed by atoms with Gasteiger partial charge < -0.3 is 24.8 Å². The zero-order valence-corrected chi connectivity index (χ0v) is 24.4. The van der Waals surface area contributed by atoms with Crippen molar-refractivity contribution in [2.45, 2.75) is 130 Å². The van der Waals surface area contributed by atoms with E-state index in [0.717, 1.165) is 38.5 Å². The Labute approximate surface area is 229 Å². The molecule has 7 heteroatoms. The van der Waals surface area contributed by atoms with Crippen LogP contribution in [0.3, 0.4) is 0 Å². The number of rotatable bonds is 8. The van der Waals surface area contributed by atoms with E-state index in [9.17, 15) is 24.9 Å². The molecular formula is C31H52O7. The van der Waals surface area contributed by atoms with Crippen molar-refractivity contribution in [2.24, 2.45) is 46.3 Å². The van der Waals surface area contributed by atoms with E-state index in [1.54, 1.807) is 0 Å². The summed E-state index contributed by atoms with van der Waals surface area (Å²) in [6.07, 6.45) is 6.26. The standard InChI is InChI=1S/C31H52O7/c1-18(2)7-10-27(35)19(3)24-8-9-25-23-15-28(38-21(5)34)31(36)16-22(37-20(4)33)11-14-30(31,17-32)26(23)12-13-29(24,25)6/h18-19,22-28,32,35-36H,7-17H2,1-6H3. The van der Waals surface area contributed by atoms with Crippen molar-refractivity contribution in [1.29, 1.82) is 0 Å². The van der Waals surface area contributed by atoms with E-state index in [2.05, 4.69) is 27.7 Å². The summed E-state index contributed by atoms with van der Waals surface area (Å²) in [5, 5.41) is 34.4. The normalized spacial score (nSPS) is 43.9. The first-order chi connectivity index (χ1) is 17.8. The Morgan fingerprint density at radius 3 is 2.24 bits per heavy atom. The maximum atomic E-state index is 12.3. The second-order valence-electron chi connectivity index (χ2n) is 14.0. The minimum atomic E-state index is -1.45. The Morgan fingerprint density at radius 1 is 0.947 bits per heavy atom. The topological polar surface area (TPSA) is 113 Å². The fourth-order valence-corrected chi connectivity index (χ4v) is 9.94. The Bertz CT molecular complexity index is 874. The lowest BCUT2D eigenvalue weighted by Crippen LogP contribution is -2.71. The van der Waals surface area contributed by atoms with Crippen LogP contribution in [0.2, 0.25) is 0 Å². The molecule has 0 aromatic heterocycles. The molecule has 0 aromatic rings. The number of esters is 2. The molecule has 0 bridgehead atoms. The highest BCUT2D eigenvalue weighted by Crippen LogP contribution is 2.69. The van der Waals surface area contributed by atoms with Gasteiger partial charge in [-0.05, 0) is 98.7 Å². The third kappa shape index (κ3) is 4.94. The van der Waals surface area contributed by atoms with Crippen LogP contribution < -0.4 is 0 Å². The molecule has 4 rings (SSSR count). The molecule has 3 N–H and O–H groups in total.